The molecule has 1 amide bonds. The number of likely N-dealkylation sites (tertiary alicyclic amines) is 1. The number of piperidine rings is 1. The van der Waals surface area contributed by atoms with Crippen molar-refractivity contribution in [3.05, 3.63) is 27.2 Å². The molecule has 2 unspecified atom stereocenters. The maximum absolute atomic E-state index is 12.6. The van der Waals surface area contributed by atoms with Gasteiger partial charge in [-0.1, -0.05) is 0 Å². The van der Waals surface area contributed by atoms with Crippen molar-refractivity contribution in [1.29, 1.82) is 0 Å². The number of rotatable bonds is 2. The molecule has 2 atom stereocenters. The Balaban J connectivity index is 2.28. The molecular formula is C14H19N3O4. The van der Waals surface area contributed by atoms with Gasteiger partial charge in [0.1, 0.15) is 5.56 Å². The first-order valence-electron chi connectivity index (χ1n) is 6.92. The van der Waals surface area contributed by atoms with Gasteiger partial charge in [0.2, 0.25) is 0 Å². The molecule has 1 aromatic heterocycles. The molecule has 2 heterocycles. The first kappa shape index (κ1) is 15.2. The van der Waals surface area contributed by atoms with Gasteiger partial charge in [-0.15, -0.1) is 0 Å². The van der Waals surface area contributed by atoms with Gasteiger partial charge in [0, 0.05) is 12.6 Å². The number of amides is 1. The van der Waals surface area contributed by atoms with Crippen molar-refractivity contribution in [1.82, 2.24) is 15.1 Å². The molecular weight excluding hydrogens is 274 g/mol. The topological polar surface area (TPSA) is 103 Å². The van der Waals surface area contributed by atoms with E-state index in [0.717, 1.165) is 0 Å². The summed E-state index contributed by atoms with van der Waals surface area (Å²) in [6.07, 6.45) is 0.814. The van der Waals surface area contributed by atoms with Gasteiger partial charge in [0.05, 0.1) is 11.6 Å². The molecule has 0 aliphatic carbocycles. The Bertz CT molecular complexity index is 638. The summed E-state index contributed by atoms with van der Waals surface area (Å²) in [5, 5.41) is 15.2. The van der Waals surface area contributed by atoms with E-state index in [-0.39, 0.29) is 17.5 Å². The summed E-state index contributed by atoms with van der Waals surface area (Å²) < 4.78 is 0. The van der Waals surface area contributed by atoms with Crippen LogP contribution in [0.15, 0.2) is 4.79 Å². The zero-order chi connectivity index (χ0) is 15.7. The van der Waals surface area contributed by atoms with Crippen LogP contribution in [0.4, 0.5) is 0 Å². The number of H-pyrrole nitrogens is 1. The lowest BCUT2D eigenvalue weighted by Crippen LogP contribution is -2.47. The second-order valence-electron chi connectivity index (χ2n) is 5.55. The van der Waals surface area contributed by atoms with Gasteiger partial charge in [-0.25, -0.2) is 5.10 Å². The van der Waals surface area contributed by atoms with Crippen LogP contribution in [0.25, 0.3) is 0 Å². The quantitative estimate of drug-likeness (QED) is 0.836. The first-order chi connectivity index (χ1) is 9.82. The maximum atomic E-state index is 12.6. The summed E-state index contributed by atoms with van der Waals surface area (Å²) in [5.74, 6) is -1.61. The summed E-state index contributed by atoms with van der Waals surface area (Å²) in [7, 11) is 0. The van der Waals surface area contributed by atoms with Crippen molar-refractivity contribution in [2.45, 2.75) is 39.7 Å². The Kier molecular flexibility index (Phi) is 4.11. The number of nitrogens with one attached hydrogen (secondary N) is 1. The molecule has 1 aliphatic rings. The monoisotopic (exact) mass is 293 g/mol. The normalized spacial score (nSPS) is 22.1. The Labute approximate surface area is 122 Å². The van der Waals surface area contributed by atoms with Crippen LogP contribution in [0.5, 0.6) is 0 Å². The van der Waals surface area contributed by atoms with Gasteiger partial charge >= 0.3 is 5.97 Å². The van der Waals surface area contributed by atoms with Gasteiger partial charge in [0.25, 0.3) is 11.5 Å². The van der Waals surface area contributed by atoms with Crippen LogP contribution in [0.1, 0.15) is 41.4 Å². The fourth-order valence-corrected chi connectivity index (χ4v) is 2.72. The van der Waals surface area contributed by atoms with E-state index >= 15 is 0 Å². The number of aliphatic carboxylic acids is 1. The highest BCUT2D eigenvalue weighted by molar-refractivity contribution is 5.95. The molecule has 1 fully saturated rings. The van der Waals surface area contributed by atoms with Crippen LogP contribution in [0, 0.1) is 19.8 Å². The zero-order valence-electron chi connectivity index (χ0n) is 12.3. The van der Waals surface area contributed by atoms with Gasteiger partial charge in [-0.3, -0.25) is 14.4 Å². The minimum Gasteiger partial charge on any atom is -0.481 e. The van der Waals surface area contributed by atoms with Crippen molar-refractivity contribution in [2.24, 2.45) is 5.92 Å². The van der Waals surface area contributed by atoms with E-state index in [1.807, 2.05) is 6.92 Å². The Hall–Kier alpha value is -2.18. The molecule has 1 aromatic rings. The minimum absolute atomic E-state index is 0.100. The number of carbonyl (C=O) groups excluding carboxylic acids is 1. The van der Waals surface area contributed by atoms with Crippen LogP contribution in [0.3, 0.4) is 0 Å². The number of carbonyl (C=O) groups is 2. The van der Waals surface area contributed by atoms with Crippen LogP contribution < -0.4 is 5.56 Å². The predicted octanol–water partition coefficient (Wildman–Crippen LogP) is 0.712. The van der Waals surface area contributed by atoms with E-state index in [2.05, 4.69) is 10.2 Å². The first-order valence-corrected chi connectivity index (χ1v) is 6.92. The lowest BCUT2D eigenvalue weighted by atomic mass is 9.91. The minimum atomic E-state index is -0.831. The molecule has 2 rings (SSSR count). The molecule has 0 radical (unpaired) electrons. The standard InChI is InChI=1S/C14H19N3O4/c1-7-6-10(14(20)21)4-5-17(7)13(19)11-8(2)9(3)15-16-12(11)18/h7,10H,4-6H2,1-3H3,(H,16,18)(H,20,21). The van der Waals surface area contributed by atoms with Crippen molar-refractivity contribution < 1.29 is 14.7 Å². The number of hydrogen-bond acceptors (Lipinski definition) is 4. The highest BCUT2D eigenvalue weighted by atomic mass is 16.4. The van der Waals surface area contributed by atoms with E-state index in [1.54, 1.807) is 18.7 Å². The molecule has 21 heavy (non-hydrogen) atoms. The third-order valence-electron chi connectivity index (χ3n) is 4.17. The molecule has 7 heteroatoms. The van der Waals surface area contributed by atoms with E-state index in [9.17, 15) is 14.4 Å². The molecule has 7 nitrogen and oxygen atoms in total. The number of nitrogens with zero attached hydrogens (tertiary/aromatic N) is 2. The molecule has 114 valence electrons. The molecule has 0 bridgehead atoms. The van der Waals surface area contributed by atoms with E-state index in [1.165, 1.54) is 0 Å². The van der Waals surface area contributed by atoms with Crippen LogP contribution in [0.2, 0.25) is 0 Å². The van der Waals surface area contributed by atoms with Gasteiger partial charge in [-0.05, 0) is 39.2 Å². The number of carboxylic acids is 1. The smallest absolute Gasteiger partial charge is 0.306 e. The summed E-state index contributed by atoms with van der Waals surface area (Å²) in [4.78, 5) is 37.1. The molecule has 1 saturated heterocycles. The summed E-state index contributed by atoms with van der Waals surface area (Å²) in [5.41, 5.74) is 0.765. The van der Waals surface area contributed by atoms with Crippen LogP contribution in [-0.2, 0) is 4.79 Å². The van der Waals surface area contributed by atoms with Gasteiger partial charge in [-0.2, -0.15) is 5.10 Å². The number of carboxylic acid groups (broad SMARTS) is 1. The average Bonchev–Trinajstić information content (AvgIpc) is 2.43. The largest absolute Gasteiger partial charge is 0.481 e. The Morgan fingerprint density at radius 1 is 1.38 bits per heavy atom. The molecule has 1 aliphatic heterocycles. The van der Waals surface area contributed by atoms with E-state index < -0.39 is 17.4 Å². The summed E-state index contributed by atoms with van der Waals surface area (Å²) in [6.45, 7) is 5.57. The molecule has 0 aromatic carbocycles. The lowest BCUT2D eigenvalue weighted by molar-refractivity contribution is -0.143. The van der Waals surface area contributed by atoms with Gasteiger partial charge in [0.15, 0.2) is 0 Å². The van der Waals surface area contributed by atoms with E-state index in [4.69, 9.17) is 5.11 Å². The Morgan fingerprint density at radius 3 is 2.62 bits per heavy atom. The highest BCUT2D eigenvalue weighted by Crippen LogP contribution is 2.24. The van der Waals surface area contributed by atoms with E-state index in [0.29, 0.717) is 30.6 Å². The third kappa shape index (κ3) is 2.81. The molecule has 0 saturated carbocycles. The zero-order valence-corrected chi connectivity index (χ0v) is 12.3. The predicted molar refractivity (Wildman–Crippen MR) is 75.2 cm³/mol. The average molecular weight is 293 g/mol. The highest BCUT2D eigenvalue weighted by Gasteiger charge is 2.34. The number of aromatic amines is 1. The second-order valence-corrected chi connectivity index (χ2v) is 5.55. The number of aromatic nitrogens is 2. The second kappa shape index (κ2) is 5.67. The van der Waals surface area contributed by atoms with Crippen LogP contribution >= 0.6 is 0 Å². The van der Waals surface area contributed by atoms with Crippen molar-refractivity contribution >= 4 is 11.9 Å². The third-order valence-corrected chi connectivity index (χ3v) is 4.17. The molecule has 0 spiro atoms. The summed E-state index contributed by atoms with van der Waals surface area (Å²) >= 11 is 0. The fraction of sp³-hybridized carbons (Fsp3) is 0.571. The maximum Gasteiger partial charge on any atom is 0.306 e. The van der Waals surface area contributed by atoms with Gasteiger partial charge < -0.3 is 10.0 Å². The van der Waals surface area contributed by atoms with Crippen molar-refractivity contribution in [2.75, 3.05) is 6.54 Å². The van der Waals surface area contributed by atoms with Crippen LogP contribution in [-0.4, -0.2) is 44.7 Å². The summed E-state index contributed by atoms with van der Waals surface area (Å²) in [6, 6.07) is -0.209. The Morgan fingerprint density at radius 2 is 2.05 bits per heavy atom. The lowest BCUT2D eigenvalue weighted by Gasteiger charge is -2.36. The van der Waals surface area contributed by atoms with Crippen molar-refractivity contribution in [3.63, 3.8) is 0 Å². The fourth-order valence-electron chi connectivity index (χ4n) is 2.72. The number of aryl methyl sites for hydroxylation is 1. The number of hydrogen-bond donors (Lipinski definition) is 2. The van der Waals surface area contributed by atoms with Crippen molar-refractivity contribution in [3.8, 4) is 0 Å². The molecule has 2 N–H and O–H groups in total. The SMILES string of the molecule is Cc1n[nH]c(=O)c(C(=O)N2CCC(C(=O)O)CC2C)c1C.